The number of fused-ring (bicyclic) bond motifs is 3. The number of rotatable bonds is 7. The fraction of sp³-hybridized carbons (Fsp3) is 0.103. The predicted octanol–water partition coefficient (Wildman–Crippen LogP) is 4.51. The number of nitrogens with two attached hydrogens (primary N) is 1. The SMILES string of the molecule is COc1ccc(CCNC(=O)c2c(N)n(N=Cc3c[nH]c4ccccc34)c3nc4ccccc4nc23)cc1. The lowest BCUT2D eigenvalue weighted by atomic mass is 10.1. The Morgan fingerprint density at radius 3 is 2.58 bits per heavy atom. The summed E-state index contributed by atoms with van der Waals surface area (Å²) in [6.45, 7) is 0.427. The Morgan fingerprint density at radius 1 is 1.05 bits per heavy atom. The molecule has 3 heterocycles. The largest absolute Gasteiger partial charge is 0.497 e. The molecule has 0 aliphatic heterocycles. The van der Waals surface area contributed by atoms with Crippen LogP contribution in [0.2, 0.25) is 0 Å². The molecule has 9 nitrogen and oxygen atoms in total. The van der Waals surface area contributed by atoms with Crippen molar-refractivity contribution in [2.45, 2.75) is 6.42 Å². The zero-order chi connectivity index (χ0) is 26.1. The van der Waals surface area contributed by atoms with E-state index in [9.17, 15) is 4.79 Å². The van der Waals surface area contributed by atoms with Gasteiger partial charge >= 0.3 is 0 Å². The number of carbonyl (C=O) groups is 1. The zero-order valence-corrected chi connectivity index (χ0v) is 20.7. The van der Waals surface area contributed by atoms with Crippen molar-refractivity contribution in [3.05, 3.63) is 95.7 Å². The van der Waals surface area contributed by atoms with Gasteiger partial charge in [-0.05, 0) is 42.3 Å². The van der Waals surface area contributed by atoms with Crippen LogP contribution in [-0.2, 0) is 6.42 Å². The third-order valence-electron chi connectivity index (χ3n) is 6.49. The Bertz CT molecular complexity index is 1820. The minimum absolute atomic E-state index is 0.174. The molecule has 3 aromatic heterocycles. The van der Waals surface area contributed by atoms with Crippen LogP contribution in [0.25, 0.3) is 33.1 Å². The number of hydrogen-bond donors (Lipinski definition) is 3. The van der Waals surface area contributed by atoms with Gasteiger partial charge in [-0.1, -0.05) is 42.5 Å². The molecular weight excluding hydrogens is 478 g/mol. The molecule has 9 heteroatoms. The summed E-state index contributed by atoms with van der Waals surface area (Å²) >= 11 is 0. The summed E-state index contributed by atoms with van der Waals surface area (Å²) in [5, 5.41) is 8.64. The number of benzene rings is 3. The molecule has 4 N–H and O–H groups in total. The van der Waals surface area contributed by atoms with Crippen molar-refractivity contribution in [1.82, 2.24) is 24.9 Å². The van der Waals surface area contributed by atoms with Crippen molar-refractivity contribution in [2.75, 3.05) is 19.4 Å². The molecule has 1 amide bonds. The van der Waals surface area contributed by atoms with Crippen LogP contribution in [0.3, 0.4) is 0 Å². The first-order valence-electron chi connectivity index (χ1n) is 12.2. The minimum atomic E-state index is -0.327. The highest BCUT2D eigenvalue weighted by Crippen LogP contribution is 2.28. The average Bonchev–Trinajstić information content (AvgIpc) is 3.48. The maximum Gasteiger partial charge on any atom is 0.257 e. The summed E-state index contributed by atoms with van der Waals surface area (Å²) in [6, 6.07) is 23.2. The van der Waals surface area contributed by atoms with Crippen molar-refractivity contribution in [2.24, 2.45) is 5.10 Å². The monoisotopic (exact) mass is 503 g/mol. The van der Waals surface area contributed by atoms with E-state index in [1.165, 1.54) is 4.68 Å². The van der Waals surface area contributed by atoms with Gasteiger partial charge in [-0.25, -0.2) is 9.97 Å². The minimum Gasteiger partial charge on any atom is -0.497 e. The third kappa shape index (κ3) is 4.20. The van der Waals surface area contributed by atoms with Crippen LogP contribution in [0.1, 0.15) is 21.5 Å². The van der Waals surface area contributed by atoms with Crippen LogP contribution in [0.4, 0.5) is 5.82 Å². The molecule has 0 fully saturated rings. The van der Waals surface area contributed by atoms with E-state index >= 15 is 0 Å². The molecule has 188 valence electrons. The summed E-state index contributed by atoms with van der Waals surface area (Å²) < 4.78 is 6.69. The van der Waals surface area contributed by atoms with Crippen molar-refractivity contribution < 1.29 is 9.53 Å². The molecule has 6 aromatic rings. The first-order chi connectivity index (χ1) is 18.6. The topological polar surface area (TPSA) is 123 Å². The highest BCUT2D eigenvalue weighted by Gasteiger charge is 2.24. The predicted molar refractivity (Wildman–Crippen MR) is 150 cm³/mol. The number of para-hydroxylation sites is 3. The Morgan fingerprint density at radius 2 is 1.79 bits per heavy atom. The summed E-state index contributed by atoms with van der Waals surface area (Å²) in [4.78, 5) is 26.1. The molecule has 0 radical (unpaired) electrons. The van der Waals surface area contributed by atoms with Crippen LogP contribution < -0.4 is 15.8 Å². The molecule has 0 atom stereocenters. The quantitative estimate of drug-likeness (QED) is 0.277. The van der Waals surface area contributed by atoms with Crippen molar-refractivity contribution in [3.63, 3.8) is 0 Å². The lowest BCUT2D eigenvalue weighted by Crippen LogP contribution is -2.26. The smallest absolute Gasteiger partial charge is 0.257 e. The van der Waals surface area contributed by atoms with Gasteiger partial charge in [0.15, 0.2) is 5.65 Å². The third-order valence-corrected chi connectivity index (χ3v) is 6.49. The summed E-state index contributed by atoms with van der Waals surface area (Å²) in [7, 11) is 1.63. The van der Waals surface area contributed by atoms with Gasteiger partial charge in [-0.3, -0.25) is 4.79 Å². The van der Waals surface area contributed by atoms with Crippen molar-refractivity contribution >= 4 is 51.0 Å². The van der Waals surface area contributed by atoms with E-state index in [0.29, 0.717) is 35.2 Å². The molecule has 0 aliphatic carbocycles. The van der Waals surface area contributed by atoms with E-state index in [-0.39, 0.29) is 17.3 Å². The van der Waals surface area contributed by atoms with Gasteiger partial charge in [0.25, 0.3) is 5.91 Å². The average molecular weight is 504 g/mol. The number of aromatic amines is 1. The summed E-state index contributed by atoms with van der Waals surface area (Å²) in [6.07, 6.45) is 4.24. The number of nitrogens with one attached hydrogen (secondary N) is 2. The van der Waals surface area contributed by atoms with E-state index in [0.717, 1.165) is 27.8 Å². The van der Waals surface area contributed by atoms with Crippen LogP contribution in [0.15, 0.2) is 84.1 Å². The number of nitrogen functional groups attached to an aromatic ring is 1. The second-order valence-corrected chi connectivity index (χ2v) is 8.84. The molecular formula is C29H25N7O2. The molecule has 0 bridgehead atoms. The number of aromatic nitrogens is 4. The van der Waals surface area contributed by atoms with Crippen LogP contribution in [0.5, 0.6) is 5.75 Å². The maximum absolute atomic E-state index is 13.4. The fourth-order valence-corrected chi connectivity index (χ4v) is 4.51. The van der Waals surface area contributed by atoms with Crippen molar-refractivity contribution in [1.29, 1.82) is 0 Å². The number of H-pyrrole nitrogens is 1. The van der Waals surface area contributed by atoms with Gasteiger partial charge in [0.2, 0.25) is 0 Å². The molecule has 38 heavy (non-hydrogen) atoms. The van der Waals surface area contributed by atoms with Crippen LogP contribution in [0, 0.1) is 0 Å². The number of nitrogens with zero attached hydrogens (tertiary/aromatic N) is 4. The Labute approximate surface area is 218 Å². The van der Waals surface area contributed by atoms with E-state index in [1.807, 2.05) is 79.0 Å². The number of hydrogen-bond acceptors (Lipinski definition) is 6. The molecule has 0 spiro atoms. The van der Waals surface area contributed by atoms with E-state index in [1.54, 1.807) is 13.3 Å². The van der Waals surface area contributed by atoms with Gasteiger partial charge in [-0.15, -0.1) is 0 Å². The van der Waals surface area contributed by atoms with Gasteiger partial charge in [0, 0.05) is 29.2 Å². The van der Waals surface area contributed by atoms with Crippen LogP contribution >= 0.6 is 0 Å². The molecule has 0 aliphatic rings. The summed E-state index contributed by atoms with van der Waals surface area (Å²) in [5.41, 5.74) is 11.9. The zero-order valence-electron chi connectivity index (χ0n) is 20.7. The first kappa shape index (κ1) is 23.2. The second kappa shape index (κ2) is 9.70. The first-order valence-corrected chi connectivity index (χ1v) is 12.2. The maximum atomic E-state index is 13.4. The van der Waals surface area contributed by atoms with Gasteiger partial charge in [0.05, 0.1) is 24.4 Å². The number of methoxy groups -OCH3 is 1. The van der Waals surface area contributed by atoms with E-state index in [2.05, 4.69) is 15.4 Å². The van der Waals surface area contributed by atoms with Gasteiger partial charge in [-0.2, -0.15) is 9.78 Å². The highest BCUT2D eigenvalue weighted by atomic mass is 16.5. The number of anilines is 1. The van der Waals surface area contributed by atoms with E-state index in [4.69, 9.17) is 20.4 Å². The lowest BCUT2D eigenvalue weighted by molar-refractivity contribution is 0.0956. The van der Waals surface area contributed by atoms with Crippen LogP contribution in [-0.4, -0.2) is 45.4 Å². The van der Waals surface area contributed by atoms with Crippen molar-refractivity contribution in [3.8, 4) is 5.75 Å². The molecule has 3 aromatic carbocycles. The Balaban J connectivity index is 1.36. The lowest BCUT2D eigenvalue weighted by Gasteiger charge is -2.06. The van der Waals surface area contributed by atoms with Gasteiger partial charge < -0.3 is 20.8 Å². The Kier molecular flexibility index (Phi) is 5.93. The van der Waals surface area contributed by atoms with Gasteiger partial charge in [0.1, 0.15) is 22.6 Å². The number of carbonyl (C=O) groups excluding carboxylic acids is 1. The Hall–Kier alpha value is -5.18. The number of ether oxygens (including phenoxy) is 1. The standard InChI is InChI=1S/C29H25N7O2/c1-38-20-12-10-18(11-13-20)14-15-31-29(37)25-26-28(35-24-9-5-4-8-23(24)34-26)36(27(25)30)33-17-19-16-32-22-7-3-2-6-21(19)22/h2-13,16-17,32H,14-15,30H2,1H3,(H,31,37). The molecule has 6 rings (SSSR count). The number of amides is 1. The summed E-state index contributed by atoms with van der Waals surface area (Å²) in [5.74, 6) is 0.636. The second-order valence-electron chi connectivity index (χ2n) is 8.84. The normalized spacial score (nSPS) is 11.6. The highest BCUT2D eigenvalue weighted by molar-refractivity contribution is 6.11. The fourth-order valence-electron chi connectivity index (χ4n) is 4.51. The molecule has 0 unspecified atom stereocenters. The van der Waals surface area contributed by atoms with E-state index < -0.39 is 0 Å². The molecule has 0 saturated carbocycles. The molecule has 0 saturated heterocycles.